The fourth-order valence-electron chi connectivity index (χ4n) is 3.29. The highest BCUT2D eigenvalue weighted by atomic mass is 16.7. The molecule has 0 aliphatic rings. The summed E-state index contributed by atoms with van der Waals surface area (Å²) in [6.45, 7) is 9.94. The molecule has 0 heterocycles. The predicted molar refractivity (Wildman–Crippen MR) is 111 cm³/mol. The molecule has 1 atom stereocenters. The Bertz CT molecular complexity index is 972. The van der Waals surface area contributed by atoms with Crippen molar-refractivity contribution in [1.82, 2.24) is 0 Å². The summed E-state index contributed by atoms with van der Waals surface area (Å²) in [5.41, 5.74) is 1.75. The van der Waals surface area contributed by atoms with Crippen molar-refractivity contribution in [2.75, 3.05) is 6.79 Å². The van der Waals surface area contributed by atoms with Crippen LogP contribution in [0.15, 0.2) is 48.5 Å². The quantitative estimate of drug-likeness (QED) is 0.301. The van der Waals surface area contributed by atoms with Crippen LogP contribution in [0.2, 0.25) is 0 Å². The number of fused-ring (bicyclic) bond motifs is 3. The highest BCUT2D eigenvalue weighted by molar-refractivity contribution is 6.09. The van der Waals surface area contributed by atoms with Gasteiger partial charge in [0.25, 0.3) is 0 Å². The molecule has 0 N–H and O–H groups in total. The molecule has 0 fully saturated rings. The number of carbonyl (C=O) groups is 1. The minimum absolute atomic E-state index is 0.0368. The van der Waals surface area contributed by atoms with Crippen LogP contribution in [0.5, 0.6) is 0 Å². The number of ether oxygens (including phenoxy) is 2. The summed E-state index contributed by atoms with van der Waals surface area (Å²) in [5.74, 6) is -0.317. The molecule has 3 nitrogen and oxygen atoms in total. The van der Waals surface area contributed by atoms with Crippen molar-refractivity contribution in [1.29, 1.82) is 0 Å². The molecule has 0 amide bonds. The van der Waals surface area contributed by atoms with E-state index in [1.54, 1.807) is 0 Å². The van der Waals surface area contributed by atoms with Gasteiger partial charge in [-0.3, -0.25) is 4.79 Å². The Balaban J connectivity index is 1.86. The van der Waals surface area contributed by atoms with Crippen LogP contribution in [0.3, 0.4) is 0 Å². The Morgan fingerprint density at radius 3 is 2.52 bits per heavy atom. The van der Waals surface area contributed by atoms with Crippen LogP contribution in [0.4, 0.5) is 0 Å². The minimum Gasteiger partial charge on any atom is -0.438 e. The van der Waals surface area contributed by atoms with Gasteiger partial charge in [-0.1, -0.05) is 56.3 Å². The SMILES string of the molecule is CCC(C)C(=O)OCOC(C)(C)c1ccc2c(c1)c(C)cc1ccccc12. The second-order valence-electron chi connectivity index (χ2n) is 7.72. The van der Waals surface area contributed by atoms with Gasteiger partial charge in [-0.15, -0.1) is 0 Å². The third kappa shape index (κ3) is 3.98. The van der Waals surface area contributed by atoms with E-state index in [0.29, 0.717) is 0 Å². The van der Waals surface area contributed by atoms with E-state index in [4.69, 9.17) is 9.47 Å². The smallest absolute Gasteiger partial charge is 0.310 e. The van der Waals surface area contributed by atoms with E-state index in [9.17, 15) is 4.79 Å². The molecular weight excluding hydrogens is 336 g/mol. The Morgan fingerprint density at radius 2 is 1.78 bits per heavy atom. The monoisotopic (exact) mass is 364 g/mol. The molecule has 3 aromatic carbocycles. The lowest BCUT2D eigenvalue weighted by Crippen LogP contribution is -2.25. The summed E-state index contributed by atoms with van der Waals surface area (Å²) >= 11 is 0. The first-order chi connectivity index (χ1) is 12.8. The molecule has 3 rings (SSSR count). The minimum atomic E-state index is -0.554. The van der Waals surface area contributed by atoms with E-state index in [2.05, 4.69) is 55.5 Å². The van der Waals surface area contributed by atoms with Crippen LogP contribution >= 0.6 is 0 Å². The maximum Gasteiger partial charge on any atom is 0.310 e. The lowest BCUT2D eigenvalue weighted by Gasteiger charge is -2.26. The van der Waals surface area contributed by atoms with E-state index in [0.717, 1.165) is 12.0 Å². The van der Waals surface area contributed by atoms with Gasteiger partial charge in [0.2, 0.25) is 0 Å². The lowest BCUT2D eigenvalue weighted by molar-refractivity contribution is -0.174. The van der Waals surface area contributed by atoms with Crippen molar-refractivity contribution in [3.05, 3.63) is 59.7 Å². The standard InChI is InChI=1S/C24H28O3/c1-6-16(2)23(25)26-15-27-24(4,5)19-11-12-21-20-10-8-7-9-18(20)13-17(3)22(21)14-19/h7-14,16H,6,15H2,1-5H3. The molecular formula is C24H28O3. The van der Waals surface area contributed by atoms with Gasteiger partial charge in [0.05, 0.1) is 11.5 Å². The second-order valence-corrected chi connectivity index (χ2v) is 7.72. The second kappa shape index (κ2) is 7.69. The summed E-state index contributed by atoms with van der Waals surface area (Å²) in [4.78, 5) is 11.8. The van der Waals surface area contributed by atoms with Crippen LogP contribution in [0.1, 0.15) is 45.2 Å². The normalized spacial score (nSPS) is 13.1. The zero-order valence-electron chi connectivity index (χ0n) is 16.8. The number of aryl methyl sites for hydroxylation is 1. The number of rotatable bonds is 6. The fraction of sp³-hybridized carbons (Fsp3) is 0.375. The van der Waals surface area contributed by atoms with Gasteiger partial charge < -0.3 is 9.47 Å². The van der Waals surface area contributed by atoms with Gasteiger partial charge >= 0.3 is 5.97 Å². The van der Waals surface area contributed by atoms with Crippen molar-refractivity contribution >= 4 is 27.5 Å². The molecule has 0 spiro atoms. The van der Waals surface area contributed by atoms with Crippen LogP contribution in [0.25, 0.3) is 21.5 Å². The zero-order chi connectivity index (χ0) is 19.6. The van der Waals surface area contributed by atoms with Gasteiger partial charge in [0.1, 0.15) is 0 Å². The first-order valence-corrected chi connectivity index (χ1v) is 9.56. The predicted octanol–water partition coefficient (Wildman–Crippen LogP) is 6.10. The molecule has 1 unspecified atom stereocenters. The van der Waals surface area contributed by atoms with Crippen molar-refractivity contribution < 1.29 is 14.3 Å². The Kier molecular flexibility index (Phi) is 5.52. The third-order valence-corrected chi connectivity index (χ3v) is 5.40. The van der Waals surface area contributed by atoms with Crippen LogP contribution < -0.4 is 0 Å². The van der Waals surface area contributed by atoms with Gasteiger partial charge in [-0.05, 0) is 65.9 Å². The lowest BCUT2D eigenvalue weighted by atomic mass is 9.91. The van der Waals surface area contributed by atoms with Crippen molar-refractivity contribution in [2.24, 2.45) is 5.92 Å². The van der Waals surface area contributed by atoms with Gasteiger partial charge in [-0.2, -0.15) is 0 Å². The van der Waals surface area contributed by atoms with Gasteiger partial charge in [-0.25, -0.2) is 0 Å². The van der Waals surface area contributed by atoms with E-state index < -0.39 is 5.60 Å². The van der Waals surface area contributed by atoms with Crippen molar-refractivity contribution in [3.8, 4) is 0 Å². The largest absolute Gasteiger partial charge is 0.438 e. The maximum atomic E-state index is 11.8. The molecule has 3 heteroatoms. The Labute approximate surface area is 161 Å². The molecule has 0 radical (unpaired) electrons. The summed E-state index contributed by atoms with van der Waals surface area (Å²) in [7, 11) is 0. The zero-order valence-corrected chi connectivity index (χ0v) is 16.8. The molecule has 27 heavy (non-hydrogen) atoms. The van der Waals surface area contributed by atoms with Crippen LogP contribution in [0, 0.1) is 12.8 Å². The number of hydrogen-bond acceptors (Lipinski definition) is 3. The molecule has 0 aromatic heterocycles. The molecule has 0 saturated carbocycles. The molecule has 0 saturated heterocycles. The summed E-state index contributed by atoms with van der Waals surface area (Å²) in [5, 5.41) is 4.97. The van der Waals surface area contributed by atoms with E-state index in [-0.39, 0.29) is 18.7 Å². The van der Waals surface area contributed by atoms with E-state index >= 15 is 0 Å². The average Bonchev–Trinajstić information content (AvgIpc) is 2.67. The highest BCUT2D eigenvalue weighted by Crippen LogP contribution is 2.33. The number of carbonyl (C=O) groups excluding carboxylic acids is 1. The third-order valence-electron chi connectivity index (χ3n) is 5.40. The van der Waals surface area contributed by atoms with Gasteiger partial charge in [0, 0.05) is 0 Å². The molecule has 0 aliphatic carbocycles. The number of hydrogen-bond donors (Lipinski definition) is 0. The van der Waals surface area contributed by atoms with Crippen LogP contribution in [-0.2, 0) is 19.9 Å². The molecule has 142 valence electrons. The highest BCUT2D eigenvalue weighted by Gasteiger charge is 2.23. The summed E-state index contributed by atoms with van der Waals surface area (Å²) in [6, 6.07) is 17.1. The Morgan fingerprint density at radius 1 is 1.04 bits per heavy atom. The van der Waals surface area contributed by atoms with E-state index in [1.165, 1.54) is 27.1 Å². The molecule has 0 aliphatic heterocycles. The van der Waals surface area contributed by atoms with Crippen molar-refractivity contribution in [2.45, 2.75) is 46.6 Å². The average molecular weight is 364 g/mol. The van der Waals surface area contributed by atoms with E-state index in [1.807, 2.05) is 27.7 Å². The number of benzene rings is 3. The van der Waals surface area contributed by atoms with Crippen LogP contribution in [-0.4, -0.2) is 12.8 Å². The first-order valence-electron chi connectivity index (χ1n) is 9.56. The molecule has 0 bridgehead atoms. The van der Waals surface area contributed by atoms with Crippen molar-refractivity contribution in [3.63, 3.8) is 0 Å². The summed E-state index contributed by atoms with van der Waals surface area (Å²) in [6.07, 6.45) is 0.764. The molecule has 3 aromatic rings. The fourth-order valence-corrected chi connectivity index (χ4v) is 3.29. The topological polar surface area (TPSA) is 35.5 Å². The van der Waals surface area contributed by atoms with Gasteiger partial charge in [0.15, 0.2) is 6.79 Å². The summed E-state index contributed by atoms with van der Waals surface area (Å²) < 4.78 is 11.2. The maximum absolute atomic E-state index is 11.8. The first kappa shape index (κ1) is 19.4. The number of esters is 1. The Hall–Kier alpha value is -2.39.